The zero-order valence-electron chi connectivity index (χ0n) is 8.26. The molecule has 1 aromatic rings. The van der Waals surface area contributed by atoms with Gasteiger partial charge in [-0.05, 0) is 35.6 Å². The van der Waals surface area contributed by atoms with Crippen LogP contribution in [-0.2, 0) is 0 Å². The van der Waals surface area contributed by atoms with E-state index < -0.39 is 0 Å². The van der Waals surface area contributed by atoms with Crippen molar-refractivity contribution in [2.24, 2.45) is 5.41 Å². The van der Waals surface area contributed by atoms with Crippen LogP contribution in [0.5, 0.6) is 0 Å². The Labute approximate surface area is 88.5 Å². The van der Waals surface area contributed by atoms with Gasteiger partial charge in [0.25, 0.3) is 0 Å². The van der Waals surface area contributed by atoms with Crippen molar-refractivity contribution in [2.75, 3.05) is 5.73 Å². The van der Waals surface area contributed by atoms with E-state index in [0.29, 0.717) is 0 Å². The first kappa shape index (κ1) is 10.6. The number of nitrogen functional groups attached to an aromatic ring is 1. The second-order valence-corrected chi connectivity index (χ2v) is 5.15. The molecule has 0 atom stereocenters. The first-order valence-corrected chi connectivity index (χ1v) is 5.09. The molecule has 0 amide bonds. The van der Waals surface area contributed by atoms with Crippen molar-refractivity contribution in [2.45, 2.75) is 20.8 Å². The van der Waals surface area contributed by atoms with Crippen molar-refractivity contribution in [1.29, 1.82) is 0 Å². The minimum atomic E-state index is 0.177. The van der Waals surface area contributed by atoms with Gasteiger partial charge in [0.1, 0.15) is 0 Å². The van der Waals surface area contributed by atoms with Crippen LogP contribution in [0, 0.1) is 11.8 Å². The molecule has 13 heavy (non-hydrogen) atoms. The Bertz CT molecular complexity index is 299. The predicted molar refractivity (Wildman–Crippen MR) is 61.4 cm³/mol. The van der Waals surface area contributed by atoms with Crippen molar-refractivity contribution in [3.8, 4) is 0 Å². The largest absolute Gasteiger partial charge is 0.399 e. The van der Waals surface area contributed by atoms with Gasteiger partial charge in [-0.15, -0.1) is 0 Å². The van der Waals surface area contributed by atoms with E-state index in [1.807, 2.05) is 18.2 Å². The van der Waals surface area contributed by atoms with Crippen LogP contribution in [0.1, 0.15) is 26.3 Å². The molecule has 1 radical (unpaired) electrons. The predicted octanol–water partition coefficient (Wildman–Crippen LogP) is 3.63. The fourth-order valence-corrected chi connectivity index (χ4v) is 1.50. The van der Waals surface area contributed by atoms with Crippen LogP contribution in [0.4, 0.5) is 5.69 Å². The van der Waals surface area contributed by atoms with Crippen LogP contribution >= 0.6 is 15.9 Å². The molecule has 0 unspecified atom stereocenters. The van der Waals surface area contributed by atoms with Gasteiger partial charge in [-0.25, -0.2) is 0 Å². The molecule has 1 aromatic carbocycles. The Morgan fingerprint density at radius 2 is 1.92 bits per heavy atom. The second-order valence-electron chi connectivity index (χ2n) is 4.29. The minimum Gasteiger partial charge on any atom is -0.399 e. The van der Waals surface area contributed by atoms with E-state index in [2.05, 4.69) is 43.1 Å². The van der Waals surface area contributed by atoms with Gasteiger partial charge in [0.05, 0.1) is 0 Å². The molecule has 0 spiro atoms. The van der Waals surface area contributed by atoms with Gasteiger partial charge in [0.15, 0.2) is 0 Å². The Morgan fingerprint density at radius 1 is 1.31 bits per heavy atom. The van der Waals surface area contributed by atoms with Gasteiger partial charge < -0.3 is 5.73 Å². The SMILES string of the molecule is CC(C)(C)[CH]c1cc(N)ccc1Br. The third-order valence-corrected chi connectivity index (χ3v) is 2.33. The Balaban J connectivity index is 2.94. The molecule has 0 aliphatic heterocycles. The smallest absolute Gasteiger partial charge is 0.0317 e. The molecule has 1 nitrogen and oxygen atoms in total. The highest BCUT2D eigenvalue weighted by atomic mass is 79.9. The van der Waals surface area contributed by atoms with E-state index in [4.69, 9.17) is 5.73 Å². The van der Waals surface area contributed by atoms with Crippen LogP contribution in [0.15, 0.2) is 22.7 Å². The lowest BCUT2D eigenvalue weighted by Gasteiger charge is -2.18. The lowest BCUT2D eigenvalue weighted by Crippen LogP contribution is -2.07. The first-order valence-electron chi connectivity index (χ1n) is 4.29. The Hall–Kier alpha value is -0.500. The summed E-state index contributed by atoms with van der Waals surface area (Å²) in [5, 5.41) is 0. The summed E-state index contributed by atoms with van der Waals surface area (Å²) in [5.74, 6) is 0. The zero-order chi connectivity index (χ0) is 10.1. The van der Waals surface area contributed by atoms with E-state index >= 15 is 0 Å². The monoisotopic (exact) mass is 240 g/mol. The van der Waals surface area contributed by atoms with Gasteiger partial charge in [0, 0.05) is 10.2 Å². The van der Waals surface area contributed by atoms with E-state index in [9.17, 15) is 0 Å². The third kappa shape index (κ3) is 3.39. The fraction of sp³-hybridized carbons (Fsp3) is 0.364. The number of anilines is 1. The molecule has 0 aromatic heterocycles. The topological polar surface area (TPSA) is 26.0 Å². The molecule has 0 aliphatic carbocycles. The number of benzene rings is 1. The number of halogens is 1. The molecule has 0 aliphatic rings. The second kappa shape index (κ2) is 3.70. The molecule has 0 saturated heterocycles. The van der Waals surface area contributed by atoms with Gasteiger partial charge in [0.2, 0.25) is 0 Å². The summed E-state index contributed by atoms with van der Waals surface area (Å²) in [6.45, 7) is 6.51. The maximum Gasteiger partial charge on any atom is 0.0317 e. The standard InChI is InChI=1S/C11H15BrN/c1-11(2,3)7-8-6-9(13)4-5-10(8)12/h4-7H,13H2,1-3H3. The fourth-order valence-electron chi connectivity index (χ4n) is 1.14. The van der Waals surface area contributed by atoms with Gasteiger partial charge >= 0.3 is 0 Å². The number of hydrogen-bond donors (Lipinski definition) is 1. The van der Waals surface area contributed by atoms with Crippen molar-refractivity contribution in [1.82, 2.24) is 0 Å². The summed E-state index contributed by atoms with van der Waals surface area (Å²) < 4.78 is 1.09. The van der Waals surface area contributed by atoms with Crippen LogP contribution < -0.4 is 5.73 Å². The number of nitrogens with two attached hydrogens (primary N) is 1. The third-order valence-electron chi connectivity index (χ3n) is 1.61. The molecule has 0 heterocycles. The summed E-state index contributed by atoms with van der Waals surface area (Å²) in [6.07, 6.45) is 2.20. The summed E-state index contributed by atoms with van der Waals surface area (Å²) in [5.41, 5.74) is 7.85. The number of hydrogen-bond acceptors (Lipinski definition) is 1. The maximum absolute atomic E-state index is 5.71. The Kier molecular flexibility index (Phi) is 3.01. The summed E-state index contributed by atoms with van der Waals surface area (Å²) in [7, 11) is 0. The van der Waals surface area contributed by atoms with Crippen molar-refractivity contribution in [3.05, 3.63) is 34.7 Å². The molecular formula is C11H15BrN. The van der Waals surface area contributed by atoms with E-state index in [1.165, 1.54) is 0 Å². The summed E-state index contributed by atoms with van der Waals surface area (Å²) in [4.78, 5) is 0. The molecule has 0 bridgehead atoms. The molecule has 1 rings (SSSR count). The highest BCUT2D eigenvalue weighted by molar-refractivity contribution is 9.10. The maximum atomic E-state index is 5.71. The van der Waals surface area contributed by atoms with Gasteiger partial charge in [-0.1, -0.05) is 36.7 Å². The van der Waals surface area contributed by atoms with Crippen molar-refractivity contribution < 1.29 is 0 Å². The van der Waals surface area contributed by atoms with E-state index in [1.54, 1.807) is 0 Å². The van der Waals surface area contributed by atoms with Gasteiger partial charge in [-0.2, -0.15) is 0 Å². The highest BCUT2D eigenvalue weighted by Crippen LogP contribution is 2.29. The van der Waals surface area contributed by atoms with Crippen LogP contribution in [0.25, 0.3) is 0 Å². The molecule has 0 saturated carbocycles. The average Bonchev–Trinajstić information content (AvgIpc) is 1.94. The zero-order valence-corrected chi connectivity index (χ0v) is 9.85. The normalized spacial score (nSPS) is 11.7. The lowest BCUT2D eigenvalue weighted by molar-refractivity contribution is 0.505. The van der Waals surface area contributed by atoms with Gasteiger partial charge in [-0.3, -0.25) is 0 Å². The molecule has 2 N–H and O–H groups in total. The molecular weight excluding hydrogens is 226 g/mol. The molecule has 71 valence electrons. The molecule has 2 heteroatoms. The minimum absolute atomic E-state index is 0.177. The van der Waals surface area contributed by atoms with Crippen molar-refractivity contribution >= 4 is 21.6 Å². The quantitative estimate of drug-likeness (QED) is 0.746. The van der Waals surface area contributed by atoms with Crippen LogP contribution in [0.3, 0.4) is 0 Å². The number of rotatable bonds is 1. The highest BCUT2D eigenvalue weighted by Gasteiger charge is 2.13. The summed E-state index contributed by atoms with van der Waals surface area (Å²) >= 11 is 3.50. The van der Waals surface area contributed by atoms with Crippen LogP contribution in [0.2, 0.25) is 0 Å². The lowest BCUT2D eigenvalue weighted by atomic mass is 9.88. The van der Waals surface area contributed by atoms with E-state index in [0.717, 1.165) is 15.7 Å². The van der Waals surface area contributed by atoms with E-state index in [-0.39, 0.29) is 5.41 Å². The average molecular weight is 241 g/mol. The summed E-state index contributed by atoms with van der Waals surface area (Å²) in [6, 6.07) is 5.85. The molecule has 0 fully saturated rings. The van der Waals surface area contributed by atoms with Crippen molar-refractivity contribution in [3.63, 3.8) is 0 Å². The van der Waals surface area contributed by atoms with Crippen LogP contribution in [-0.4, -0.2) is 0 Å². The Morgan fingerprint density at radius 3 is 2.46 bits per heavy atom. The first-order chi connectivity index (χ1) is 5.88.